The van der Waals surface area contributed by atoms with Crippen LogP contribution in [0, 0.1) is 0 Å². The largest absolute Gasteiger partial charge is 0.354 e. The zero-order chi connectivity index (χ0) is 14.8. The molecule has 2 heteroatoms. The molecule has 1 N–H and O–H groups in total. The predicted molar refractivity (Wildman–Crippen MR) is 89.8 cm³/mol. The number of rotatable bonds is 2. The molecule has 2 nitrogen and oxygen atoms in total. The lowest BCUT2D eigenvalue weighted by molar-refractivity contribution is 0.604. The van der Waals surface area contributed by atoms with Crippen LogP contribution in [0.25, 0.3) is 11.8 Å². The summed E-state index contributed by atoms with van der Waals surface area (Å²) in [4.78, 5) is 2.23. The van der Waals surface area contributed by atoms with Gasteiger partial charge in [0.1, 0.15) is 6.17 Å². The van der Waals surface area contributed by atoms with Crippen LogP contribution in [0.1, 0.15) is 22.9 Å². The van der Waals surface area contributed by atoms with E-state index < -0.39 is 0 Å². The molecule has 1 unspecified atom stereocenters. The van der Waals surface area contributed by atoms with E-state index in [9.17, 15) is 0 Å². The van der Waals surface area contributed by atoms with Crippen molar-refractivity contribution in [1.29, 1.82) is 0 Å². The van der Waals surface area contributed by atoms with Gasteiger partial charge in [0.2, 0.25) is 0 Å². The van der Waals surface area contributed by atoms with E-state index in [-0.39, 0.29) is 6.17 Å². The monoisotopic (exact) mass is 274 g/mol. The van der Waals surface area contributed by atoms with Crippen molar-refractivity contribution < 1.29 is 0 Å². The topological polar surface area (TPSA) is 15.3 Å². The molecule has 0 radical (unpaired) electrons. The Morgan fingerprint density at radius 3 is 2.62 bits per heavy atom. The van der Waals surface area contributed by atoms with E-state index in [1.165, 1.54) is 11.3 Å². The van der Waals surface area contributed by atoms with Crippen LogP contribution in [0.4, 0.5) is 5.69 Å². The Hall–Kier alpha value is -2.70. The van der Waals surface area contributed by atoms with Crippen LogP contribution in [-0.4, -0.2) is 7.05 Å². The van der Waals surface area contributed by atoms with Crippen molar-refractivity contribution in [2.45, 2.75) is 6.17 Å². The molecule has 104 valence electrons. The summed E-state index contributed by atoms with van der Waals surface area (Å²) < 4.78 is 0. The van der Waals surface area contributed by atoms with E-state index >= 15 is 0 Å². The van der Waals surface area contributed by atoms with Crippen LogP contribution in [0.5, 0.6) is 0 Å². The van der Waals surface area contributed by atoms with Gasteiger partial charge in [-0.25, -0.2) is 0 Å². The van der Waals surface area contributed by atoms with Gasteiger partial charge in [-0.3, -0.25) is 0 Å². The molecule has 2 aromatic carbocycles. The second kappa shape index (κ2) is 5.35. The Kier molecular flexibility index (Phi) is 3.39. The Morgan fingerprint density at radius 1 is 1.14 bits per heavy atom. The lowest BCUT2D eigenvalue weighted by atomic mass is 9.99. The summed E-state index contributed by atoms with van der Waals surface area (Å²) in [6, 6.07) is 16.6. The molecule has 0 amide bonds. The van der Waals surface area contributed by atoms with Gasteiger partial charge >= 0.3 is 0 Å². The van der Waals surface area contributed by atoms with Gasteiger partial charge in [-0.05, 0) is 11.6 Å². The van der Waals surface area contributed by atoms with E-state index in [1.807, 2.05) is 18.2 Å². The highest BCUT2D eigenvalue weighted by Gasteiger charge is 2.27. The highest BCUT2D eigenvalue weighted by atomic mass is 15.3. The van der Waals surface area contributed by atoms with E-state index in [0.29, 0.717) is 0 Å². The van der Waals surface area contributed by atoms with Crippen LogP contribution in [0.3, 0.4) is 0 Å². The van der Waals surface area contributed by atoms with Crippen molar-refractivity contribution in [2.24, 2.45) is 0 Å². The van der Waals surface area contributed by atoms with Crippen molar-refractivity contribution in [3.63, 3.8) is 0 Å². The summed E-state index contributed by atoms with van der Waals surface area (Å²) in [6.45, 7) is 7.73. The Labute approximate surface area is 125 Å². The van der Waals surface area contributed by atoms with Gasteiger partial charge in [0, 0.05) is 23.9 Å². The minimum absolute atomic E-state index is 0.0401. The number of anilines is 1. The SMILES string of the molecule is C=C=C1NC(c2ccccc2C=C)N(C)c2ccccc21. The molecular formula is C19H18N2. The number of nitrogens with zero attached hydrogens (tertiary/aromatic N) is 1. The van der Waals surface area contributed by atoms with Gasteiger partial charge in [0.15, 0.2) is 0 Å². The van der Waals surface area contributed by atoms with Gasteiger partial charge in [0.25, 0.3) is 0 Å². The Bertz CT molecular complexity index is 739. The first-order valence-electron chi connectivity index (χ1n) is 6.96. The van der Waals surface area contributed by atoms with Crippen LogP contribution >= 0.6 is 0 Å². The van der Waals surface area contributed by atoms with Gasteiger partial charge < -0.3 is 10.2 Å². The molecule has 0 saturated carbocycles. The average molecular weight is 274 g/mol. The van der Waals surface area contributed by atoms with E-state index in [2.05, 4.69) is 72.6 Å². The zero-order valence-electron chi connectivity index (χ0n) is 12.1. The van der Waals surface area contributed by atoms with Crippen molar-refractivity contribution >= 4 is 17.5 Å². The number of fused-ring (bicyclic) bond motifs is 1. The fraction of sp³-hybridized carbons (Fsp3) is 0.105. The van der Waals surface area contributed by atoms with Crippen molar-refractivity contribution in [3.05, 3.63) is 84.1 Å². The minimum atomic E-state index is 0.0401. The minimum Gasteiger partial charge on any atom is -0.354 e. The fourth-order valence-corrected chi connectivity index (χ4v) is 2.82. The third-order valence-corrected chi connectivity index (χ3v) is 3.91. The quantitative estimate of drug-likeness (QED) is 0.826. The highest BCUT2D eigenvalue weighted by molar-refractivity contribution is 5.79. The summed E-state index contributed by atoms with van der Waals surface area (Å²) in [7, 11) is 2.09. The molecular weight excluding hydrogens is 256 g/mol. The van der Waals surface area contributed by atoms with Crippen LogP contribution in [-0.2, 0) is 0 Å². The number of para-hydroxylation sites is 1. The Balaban J connectivity index is 2.15. The maximum atomic E-state index is 3.91. The fourth-order valence-electron chi connectivity index (χ4n) is 2.82. The lowest BCUT2D eigenvalue weighted by Crippen LogP contribution is -2.39. The van der Waals surface area contributed by atoms with Crippen LogP contribution in [0.15, 0.2) is 67.4 Å². The molecule has 0 spiro atoms. The van der Waals surface area contributed by atoms with Crippen molar-refractivity contribution in [1.82, 2.24) is 5.32 Å². The van der Waals surface area contributed by atoms with Gasteiger partial charge in [-0.2, -0.15) is 0 Å². The van der Waals surface area contributed by atoms with Crippen LogP contribution in [0.2, 0.25) is 0 Å². The first kappa shape index (κ1) is 13.3. The van der Waals surface area contributed by atoms with Gasteiger partial charge in [-0.1, -0.05) is 61.7 Å². The van der Waals surface area contributed by atoms with E-state index in [1.54, 1.807) is 0 Å². The first-order valence-corrected chi connectivity index (χ1v) is 6.96. The van der Waals surface area contributed by atoms with Crippen LogP contribution < -0.4 is 10.2 Å². The highest BCUT2D eigenvalue weighted by Crippen LogP contribution is 2.37. The zero-order valence-corrected chi connectivity index (χ0v) is 12.1. The molecule has 0 fully saturated rings. The van der Waals surface area contributed by atoms with Gasteiger partial charge in [-0.15, -0.1) is 5.73 Å². The molecule has 3 rings (SSSR count). The number of hydrogen-bond acceptors (Lipinski definition) is 2. The van der Waals surface area contributed by atoms with Crippen molar-refractivity contribution in [2.75, 3.05) is 11.9 Å². The summed E-state index contributed by atoms with van der Waals surface area (Å²) in [5.74, 6) is 0. The van der Waals surface area contributed by atoms with E-state index in [4.69, 9.17) is 0 Å². The third kappa shape index (κ3) is 2.16. The van der Waals surface area contributed by atoms with Crippen molar-refractivity contribution in [3.8, 4) is 0 Å². The molecule has 2 aromatic rings. The molecule has 21 heavy (non-hydrogen) atoms. The smallest absolute Gasteiger partial charge is 0.126 e. The standard InChI is InChI=1S/C19H18N2/c1-4-14-10-6-7-11-15(14)19-20-17(5-2)16-12-8-9-13-18(16)21(19)3/h4,6-13,19-20H,1-2H2,3H3. The van der Waals surface area contributed by atoms with Gasteiger partial charge in [0.05, 0.1) is 5.70 Å². The van der Waals surface area contributed by atoms with E-state index in [0.717, 1.165) is 16.8 Å². The summed E-state index contributed by atoms with van der Waals surface area (Å²) in [5.41, 5.74) is 8.58. The molecule has 0 aromatic heterocycles. The summed E-state index contributed by atoms with van der Waals surface area (Å²) in [5, 5.41) is 3.52. The molecule has 1 heterocycles. The average Bonchev–Trinajstić information content (AvgIpc) is 2.55. The predicted octanol–water partition coefficient (Wildman–Crippen LogP) is 4.19. The second-order valence-corrected chi connectivity index (χ2v) is 5.06. The number of nitrogens with one attached hydrogen (secondary N) is 1. The molecule has 1 atom stereocenters. The molecule has 0 aliphatic carbocycles. The lowest BCUT2D eigenvalue weighted by Gasteiger charge is -2.38. The normalized spacial score (nSPS) is 16.7. The Morgan fingerprint density at radius 2 is 1.86 bits per heavy atom. The summed E-state index contributed by atoms with van der Waals surface area (Å²) in [6.07, 6.45) is 1.93. The molecule has 1 aliphatic rings. The second-order valence-electron chi connectivity index (χ2n) is 5.06. The molecule has 1 aliphatic heterocycles. The molecule has 0 saturated heterocycles. The number of hydrogen-bond donors (Lipinski definition) is 1. The maximum Gasteiger partial charge on any atom is 0.126 e. The summed E-state index contributed by atoms with van der Waals surface area (Å²) >= 11 is 0. The first-order chi connectivity index (χ1) is 10.3. The maximum absolute atomic E-state index is 3.91. The number of benzene rings is 2. The third-order valence-electron chi connectivity index (χ3n) is 3.91. The molecule has 0 bridgehead atoms.